The van der Waals surface area contributed by atoms with Crippen LogP contribution in [0.3, 0.4) is 0 Å². The van der Waals surface area contributed by atoms with Crippen LogP contribution in [0.5, 0.6) is 11.5 Å². The van der Waals surface area contributed by atoms with Crippen LogP contribution in [0.2, 0.25) is 0 Å². The van der Waals surface area contributed by atoms with Crippen molar-refractivity contribution in [3.8, 4) is 11.5 Å². The number of ether oxygens (including phenoxy) is 2. The summed E-state index contributed by atoms with van der Waals surface area (Å²) in [7, 11) is 1.42. The predicted molar refractivity (Wildman–Crippen MR) is 125 cm³/mol. The van der Waals surface area contributed by atoms with Gasteiger partial charge in [0, 0.05) is 4.47 Å². The van der Waals surface area contributed by atoms with Crippen LogP contribution in [-0.2, 0) is 11.3 Å². The van der Waals surface area contributed by atoms with E-state index in [1.165, 1.54) is 24.2 Å². The Morgan fingerprint density at radius 3 is 2.65 bits per heavy atom. The number of hydrazone groups is 1. The molecule has 0 radical (unpaired) electrons. The predicted octanol–water partition coefficient (Wildman–Crippen LogP) is 2.24. The smallest absolute Gasteiger partial charge is 0.320 e. The summed E-state index contributed by atoms with van der Waals surface area (Å²) >= 11 is 3.34. The van der Waals surface area contributed by atoms with E-state index in [0.717, 1.165) is 10.0 Å². The standard InChI is InChI=1S/C21H19BrN6O6/c1-33-18-8-14(4-7-17(18)34-12-19(23)29)9-24-25-21(30)20-16(28(31)32)11-27(26-20)10-13-2-5-15(22)6-3-13/h2-9,11H,10,12H2,1H3,(H2,23,29)(H,25,30)/b24-9+. The fraction of sp³-hybridized carbons (Fsp3) is 0.143. The molecule has 3 aromatic rings. The van der Waals surface area contributed by atoms with Crippen LogP contribution in [0, 0.1) is 10.1 Å². The molecular formula is C21H19BrN6O6. The van der Waals surface area contributed by atoms with Crippen LogP contribution < -0.4 is 20.6 Å². The molecule has 176 valence electrons. The first-order valence-corrected chi connectivity index (χ1v) is 10.4. The minimum atomic E-state index is -0.842. The number of nitrogens with two attached hydrogens (primary N) is 1. The third-order valence-electron chi connectivity index (χ3n) is 4.35. The van der Waals surface area contributed by atoms with E-state index in [1.807, 2.05) is 24.3 Å². The number of amides is 2. The quantitative estimate of drug-likeness (QED) is 0.230. The first-order valence-electron chi connectivity index (χ1n) is 9.65. The van der Waals surface area contributed by atoms with Crippen molar-refractivity contribution < 1.29 is 24.0 Å². The van der Waals surface area contributed by atoms with E-state index in [0.29, 0.717) is 17.1 Å². The van der Waals surface area contributed by atoms with Crippen molar-refractivity contribution in [1.82, 2.24) is 15.2 Å². The van der Waals surface area contributed by atoms with Gasteiger partial charge in [-0.3, -0.25) is 24.4 Å². The number of hydrogen-bond donors (Lipinski definition) is 2. The molecule has 0 unspecified atom stereocenters. The molecule has 13 heteroatoms. The molecule has 0 saturated heterocycles. The Balaban J connectivity index is 1.71. The topological polar surface area (TPSA) is 164 Å². The molecule has 12 nitrogen and oxygen atoms in total. The van der Waals surface area contributed by atoms with E-state index in [4.69, 9.17) is 15.2 Å². The number of nitrogens with one attached hydrogen (secondary N) is 1. The van der Waals surface area contributed by atoms with Crippen molar-refractivity contribution in [2.24, 2.45) is 10.8 Å². The maximum Gasteiger partial charge on any atom is 0.320 e. The van der Waals surface area contributed by atoms with Gasteiger partial charge in [-0.1, -0.05) is 28.1 Å². The molecule has 1 heterocycles. The monoisotopic (exact) mass is 530 g/mol. The van der Waals surface area contributed by atoms with Gasteiger partial charge < -0.3 is 15.2 Å². The Bertz CT molecular complexity index is 1240. The number of rotatable bonds is 10. The number of carbonyl (C=O) groups excluding carboxylic acids is 2. The molecule has 0 fully saturated rings. The van der Waals surface area contributed by atoms with E-state index < -0.39 is 22.4 Å². The van der Waals surface area contributed by atoms with Crippen molar-refractivity contribution in [2.75, 3.05) is 13.7 Å². The van der Waals surface area contributed by atoms with Gasteiger partial charge in [-0.25, -0.2) is 5.43 Å². The highest BCUT2D eigenvalue weighted by atomic mass is 79.9. The van der Waals surface area contributed by atoms with E-state index in [9.17, 15) is 19.7 Å². The molecule has 3 N–H and O–H groups in total. The molecular weight excluding hydrogens is 512 g/mol. The maximum absolute atomic E-state index is 12.5. The Morgan fingerprint density at radius 1 is 1.26 bits per heavy atom. The Labute approximate surface area is 201 Å². The minimum absolute atomic E-state index is 0.245. The van der Waals surface area contributed by atoms with Gasteiger partial charge in [-0.05, 0) is 41.5 Å². The van der Waals surface area contributed by atoms with E-state index in [2.05, 4.69) is 31.6 Å². The molecule has 0 saturated carbocycles. The highest BCUT2D eigenvalue weighted by Crippen LogP contribution is 2.27. The molecule has 2 aromatic carbocycles. The van der Waals surface area contributed by atoms with Crippen LogP contribution in [0.15, 0.2) is 58.2 Å². The number of aromatic nitrogens is 2. The minimum Gasteiger partial charge on any atom is -0.493 e. The summed E-state index contributed by atoms with van der Waals surface area (Å²) in [5.41, 5.74) is 7.86. The summed E-state index contributed by atoms with van der Waals surface area (Å²) in [5.74, 6) is -0.858. The lowest BCUT2D eigenvalue weighted by atomic mass is 10.2. The molecule has 0 aliphatic heterocycles. The third kappa shape index (κ3) is 6.38. The first-order chi connectivity index (χ1) is 16.3. The number of nitrogens with zero attached hydrogens (tertiary/aromatic N) is 4. The molecule has 0 spiro atoms. The van der Waals surface area contributed by atoms with E-state index in [1.54, 1.807) is 18.2 Å². The van der Waals surface area contributed by atoms with Gasteiger partial charge in [0.2, 0.25) is 5.69 Å². The Morgan fingerprint density at radius 2 is 2.00 bits per heavy atom. The molecule has 0 bridgehead atoms. The Kier molecular flexibility index (Phi) is 7.92. The average molecular weight is 531 g/mol. The lowest BCUT2D eigenvalue weighted by Gasteiger charge is -2.09. The fourth-order valence-electron chi connectivity index (χ4n) is 2.82. The number of benzene rings is 2. The fourth-order valence-corrected chi connectivity index (χ4v) is 3.08. The van der Waals surface area contributed by atoms with Gasteiger partial charge in [0.1, 0.15) is 6.20 Å². The van der Waals surface area contributed by atoms with Gasteiger partial charge in [0.05, 0.1) is 24.8 Å². The van der Waals surface area contributed by atoms with Crippen molar-refractivity contribution in [1.29, 1.82) is 0 Å². The van der Waals surface area contributed by atoms with E-state index in [-0.39, 0.29) is 18.8 Å². The molecule has 0 aliphatic carbocycles. The van der Waals surface area contributed by atoms with Crippen LogP contribution in [0.1, 0.15) is 21.6 Å². The number of halogens is 1. The number of carbonyl (C=O) groups is 2. The van der Waals surface area contributed by atoms with Crippen LogP contribution in [-0.4, -0.2) is 46.4 Å². The Hall–Kier alpha value is -4.26. The molecule has 0 aliphatic rings. The largest absolute Gasteiger partial charge is 0.493 e. The third-order valence-corrected chi connectivity index (χ3v) is 4.88. The van der Waals surface area contributed by atoms with Gasteiger partial charge in [0.25, 0.3) is 11.8 Å². The van der Waals surface area contributed by atoms with Crippen molar-refractivity contribution in [3.63, 3.8) is 0 Å². The molecule has 34 heavy (non-hydrogen) atoms. The SMILES string of the molecule is COc1cc(/C=N/NC(=O)c2nn(Cc3ccc(Br)cc3)cc2[N+](=O)[O-])ccc1OCC(N)=O. The molecule has 0 atom stereocenters. The van der Waals surface area contributed by atoms with Crippen molar-refractivity contribution in [2.45, 2.75) is 6.54 Å². The van der Waals surface area contributed by atoms with Gasteiger partial charge in [0.15, 0.2) is 18.1 Å². The second-order valence-corrected chi connectivity index (χ2v) is 7.72. The van der Waals surface area contributed by atoms with E-state index >= 15 is 0 Å². The average Bonchev–Trinajstić information content (AvgIpc) is 3.23. The van der Waals surface area contributed by atoms with Crippen LogP contribution in [0.4, 0.5) is 5.69 Å². The maximum atomic E-state index is 12.5. The summed E-state index contributed by atoms with van der Waals surface area (Å²) in [4.78, 5) is 34.1. The zero-order valence-corrected chi connectivity index (χ0v) is 19.4. The highest BCUT2D eigenvalue weighted by Gasteiger charge is 2.25. The van der Waals surface area contributed by atoms with Crippen LogP contribution >= 0.6 is 15.9 Å². The number of hydrogen-bond acceptors (Lipinski definition) is 8. The highest BCUT2D eigenvalue weighted by molar-refractivity contribution is 9.10. The second-order valence-electron chi connectivity index (χ2n) is 6.81. The second kappa shape index (κ2) is 11.0. The summed E-state index contributed by atoms with van der Waals surface area (Å²) in [5, 5.41) is 19.3. The zero-order chi connectivity index (χ0) is 24.7. The lowest BCUT2D eigenvalue weighted by Crippen LogP contribution is -2.20. The van der Waals surface area contributed by atoms with Crippen molar-refractivity contribution in [3.05, 3.63) is 80.1 Å². The molecule has 1 aromatic heterocycles. The summed E-state index contributed by atoms with van der Waals surface area (Å²) < 4.78 is 12.6. The molecule has 3 rings (SSSR count). The molecule has 2 amide bonds. The first kappa shape index (κ1) is 24.4. The summed E-state index contributed by atoms with van der Waals surface area (Å²) in [6.07, 6.45) is 2.50. The summed E-state index contributed by atoms with van der Waals surface area (Å²) in [6.45, 7) is -0.0677. The van der Waals surface area contributed by atoms with Gasteiger partial charge in [-0.15, -0.1) is 0 Å². The van der Waals surface area contributed by atoms with Gasteiger partial charge >= 0.3 is 5.69 Å². The summed E-state index contributed by atoms with van der Waals surface area (Å²) in [6, 6.07) is 12.0. The van der Waals surface area contributed by atoms with Crippen LogP contribution in [0.25, 0.3) is 0 Å². The normalized spacial score (nSPS) is 10.8. The number of primary amides is 1. The van der Waals surface area contributed by atoms with Crippen molar-refractivity contribution >= 4 is 39.6 Å². The zero-order valence-electron chi connectivity index (χ0n) is 17.8. The number of nitro groups is 1. The number of methoxy groups -OCH3 is 1. The van der Waals surface area contributed by atoms with Gasteiger partial charge in [-0.2, -0.15) is 10.2 Å². The lowest BCUT2D eigenvalue weighted by molar-refractivity contribution is -0.385.